The number of ether oxygens (including phenoxy) is 6. The highest BCUT2D eigenvalue weighted by Crippen LogP contribution is 2.54. The Hall–Kier alpha value is -1.15. The molecule has 11 nitrogen and oxygen atoms in total. The first-order valence-corrected chi connectivity index (χ1v) is 21.3. The van der Waals surface area contributed by atoms with E-state index in [9.17, 15) is 25.2 Å². The minimum atomic E-state index is -1.34. The van der Waals surface area contributed by atoms with Crippen LogP contribution in [0.5, 0.6) is 0 Å². The third-order valence-corrected chi connectivity index (χ3v) is 14.9. The Labute approximate surface area is 324 Å². The molecule has 0 unspecified atom stereocenters. The summed E-state index contributed by atoms with van der Waals surface area (Å²) >= 11 is 0. The van der Waals surface area contributed by atoms with E-state index in [1.807, 2.05) is 54.5 Å². The predicted octanol–water partition coefficient (Wildman–Crippen LogP) is 6.07. The fourth-order valence-corrected chi connectivity index (χ4v) is 10.8. The summed E-state index contributed by atoms with van der Waals surface area (Å²) < 4.78 is 38.9. The lowest BCUT2D eigenvalue weighted by Gasteiger charge is -2.55. The van der Waals surface area contributed by atoms with Crippen LogP contribution in [-0.4, -0.2) is 105 Å². The summed E-state index contributed by atoms with van der Waals surface area (Å²) in [5.74, 6) is -4.05. The van der Waals surface area contributed by atoms with E-state index >= 15 is 0 Å². The highest BCUT2D eigenvalue weighted by atomic mass is 16.8. The summed E-state index contributed by atoms with van der Waals surface area (Å²) in [4.78, 5) is 12.5. The molecule has 5 aliphatic rings. The van der Waals surface area contributed by atoms with Crippen molar-refractivity contribution in [2.75, 3.05) is 7.11 Å². The van der Waals surface area contributed by atoms with Gasteiger partial charge in [0.2, 0.25) is 5.79 Å². The zero-order valence-electron chi connectivity index (χ0n) is 35.0. The fourth-order valence-electron chi connectivity index (χ4n) is 10.8. The second-order valence-electron chi connectivity index (χ2n) is 18.3. The van der Waals surface area contributed by atoms with Crippen molar-refractivity contribution in [2.45, 2.75) is 205 Å². The van der Waals surface area contributed by atoms with Gasteiger partial charge >= 0.3 is 5.97 Å². The van der Waals surface area contributed by atoms with Crippen LogP contribution < -0.4 is 0 Å². The Morgan fingerprint density at radius 1 is 0.907 bits per heavy atom. The van der Waals surface area contributed by atoms with Gasteiger partial charge in [-0.05, 0) is 95.6 Å². The molecule has 0 aromatic heterocycles. The van der Waals surface area contributed by atoms with E-state index in [1.54, 1.807) is 6.08 Å². The van der Waals surface area contributed by atoms with Crippen LogP contribution in [0.15, 0.2) is 12.2 Å². The number of rotatable bonds is 12. The Kier molecular flexibility index (Phi) is 13.8. The molecule has 19 atom stereocenters. The number of carbonyl (C=O) groups is 1. The largest absolute Gasteiger partial charge is 0.469 e. The average molecular weight is 767 g/mol. The Balaban J connectivity index is 1.30. The van der Waals surface area contributed by atoms with Crippen LogP contribution in [-0.2, 0) is 33.2 Å². The summed E-state index contributed by atoms with van der Waals surface area (Å²) in [5.41, 5.74) is -1.60. The topological polar surface area (TPSA) is 153 Å². The molecule has 5 heterocycles. The van der Waals surface area contributed by atoms with Gasteiger partial charge in [-0.3, -0.25) is 4.79 Å². The van der Waals surface area contributed by atoms with E-state index in [4.69, 9.17) is 28.4 Å². The fraction of sp³-hybridized carbons (Fsp3) is 0.930. The van der Waals surface area contributed by atoms with Gasteiger partial charge in [-0.15, -0.1) is 0 Å². The minimum absolute atomic E-state index is 0.0714. The monoisotopic (exact) mass is 767 g/mol. The third-order valence-electron chi connectivity index (χ3n) is 14.9. The number of aliphatic hydroxyl groups is 4. The first kappa shape index (κ1) is 44.0. The zero-order chi connectivity index (χ0) is 40.0. The van der Waals surface area contributed by atoms with Crippen LogP contribution >= 0.6 is 0 Å². The van der Waals surface area contributed by atoms with E-state index in [-0.39, 0.29) is 65.9 Å². The van der Waals surface area contributed by atoms with Crippen molar-refractivity contribution in [3.63, 3.8) is 0 Å². The summed E-state index contributed by atoms with van der Waals surface area (Å²) in [6.45, 7) is 20.2. The Morgan fingerprint density at radius 2 is 1.61 bits per heavy atom. The lowest BCUT2D eigenvalue weighted by atomic mass is 9.72. The quantitative estimate of drug-likeness (QED) is 0.135. The molecule has 4 N–H and O–H groups in total. The van der Waals surface area contributed by atoms with Crippen molar-refractivity contribution in [3.05, 3.63) is 12.2 Å². The lowest BCUT2D eigenvalue weighted by molar-refractivity contribution is -0.411. The van der Waals surface area contributed by atoms with Crippen molar-refractivity contribution < 1.29 is 53.6 Å². The maximum absolute atomic E-state index is 12.5. The predicted molar refractivity (Wildman–Crippen MR) is 204 cm³/mol. The van der Waals surface area contributed by atoms with Crippen LogP contribution in [0.4, 0.5) is 0 Å². The second kappa shape index (κ2) is 17.0. The number of esters is 1. The molecule has 312 valence electrons. The first-order valence-electron chi connectivity index (χ1n) is 21.3. The smallest absolute Gasteiger partial charge is 0.311 e. The summed E-state index contributed by atoms with van der Waals surface area (Å²) in [5, 5.41) is 46.5. The lowest BCUT2D eigenvalue weighted by Crippen LogP contribution is -2.63. The minimum Gasteiger partial charge on any atom is -0.469 e. The van der Waals surface area contributed by atoms with Gasteiger partial charge in [-0.25, -0.2) is 0 Å². The molecule has 0 bridgehead atoms. The molecule has 4 fully saturated rings. The van der Waals surface area contributed by atoms with E-state index in [0.717, 1.165) is 19.3 Å². The van der Waals surface area contributed by atoms with Gasteiger partial charge in [0.05, 0.1) is 67.0 Å². The number of aliphatic hydroxyl groups excluding tert-OH is 3. The number of methoxy groups -OCH3 is 1. The molecule has 0 aromatic rings. The van der Waals surface area contributed by atoms with Gasteiger partial charge in [-0.1, -0.05) is 55.4 Å². The van der Waals surface area contributed by atoms with E-state index in [1.165, 1.54) is 7.11 Å². The van der Waals surface area contributed by atoms with Gasteiger partial charge in [0, 0.05) is 30.1 Å². The summed E-state index contributed by atoms with van der Waals surface area (Å²) in [6.07, 6.45) is 5.82. The van der Waals surface area contributed by atoms with Crippen molar-refractivity contribution >= 4 is 5.97 Å². The molecule has 11 heteroatoms. The molecular formula is C43H74O11. The SMILES string of the molecule is CC[C@@H]([C@H](O)[C@@H](C)[C@@H](O)[C@H](C)[C@@H]1O[C@@H]([C@@H](CC)C(=O)OC)CC[C@@H]1C)[C@H]1O[C@]2(C=C[C@@H](O)[C@]3(CC[C@@](C)([C@H]4CC[C@](O)(CC)[C@H](C)O4)O3)O2)[C@H](C)C[C@@H]1C. The maximum Gasteiger partial charge on any atom is 0.311 e. The van der Waals surface area contributed by atoms with Gasteiger partial charge in [0.15, 0.2) is 5.79 Å². The van der Waals surface area contributed by atoms with Crippen molar-refractivity contribution in [2.24, 2.45) is 41.4 Å². The molecule has 54 heavy (non-hydrogen) atoms. The molecule has 0 saturated carbocycles. The number of carbonyl (C=O) groups excluding carboxylic acids is 1. The van der Waals surface area contributed by atoms with Gasteiger partial charge in [0.25, 0.3) is 0 Å². The highest BCUT2D eigenvalue weighted by Gasteiger charge is 2.63. The van der Waals surface area contributed by atoms with Gasteiger partial charge < -0.3 is 48.8 Å². The van der Waals surface area contributed by atoms with Crippen molar-refractivity contribution in [1.82, 2.24) is 0 Å². The van der Waals surface area contributed by atoms with Crippen LogP contribution in [0, 0.1) is 41.4 Å². The molecule has 5 rings (SSSR count). The normalized spacial score (nSPS) is 46.2. The van der Waals surface area contributed by atoms with Gasteiger partial charge in [-0.2, -0.15) is 0 Å². The van der Waals surface area contributed by atoms with E-state index in [2.05, 4.69) is 20.8 Å². The highest BCUT2D eigenvalue weighted by molar-refractivity contribution is 5.72. The standard InChI is InChI=1S/C43H74O11/c1-12-30(39(47)49-11)32-16-15-24(4)37(51-32)28(8)35(45)27(7)36(46)31(13-2)38-25(5)23-26(6)42(52-38)20-17-33(44)43(54-42)22-21-40(10,53-43)34-18-19-41(48,14-3)29(9)50-34/h17,20,24-38,44-46,48H,12-16,18-19,21-23H2,1-11H3/t24-,25-,26+,27-,28-,29-,30+,31-,32+,33+,34+,35+,36+,37+,38-,40-,41+,42-,43-/m0/s1. The van der Waals surface area contributed by atoms with Crippen LogP contribution in [0.2, 0.25) is 0 Å². The summed E-state index contributed by atoms with van der Waals surface area (Å²) in [6, 6.07) is 0. The molecule has 2 spiro atoms. The molecule has 0 radical (unpaired) electrons. The molecule has 0 aromatic carbocycles. The molecule has 0 aliphatic carbocycles. The zero-order valence-corrected chi connectivity index (χ0v) is 35.0. The van der Waals surface area contributed by atoms with Crippen molar-refractivity contribution in [1.29, 1.82) is 0 Å². The number of hydrogen-bond acceptors (Lipinski definition) is 11. The van der Waals surface area contributed by atoms with Crippen LogP contribution in [0.3, 0.4) is 0 Å². The maximum atomic E-state index is 12.5. The Morgan fingerprint density at radius 3 is 2.22 bits per heavy atom. The number of hydrogen-bond donors (Lipinski definition) is 4. The molecule has 0 amide bonds. The third kappa shape index (κ3) is 8.11. The average Bonchev–Trinajstić information content (AvgIpc) is 3.50. The molecular weight excluding hydrogens is 692 g/mol. The van der Waals surface area contributed by atoms with Crippen LogP contribution in [0.1, 0.15) is 133 Å². The Bertz CT molecular complexity index is 1300. The van der Waals surface area contributed by atoms with E-state index < -0.39 is 53.1 Å². The van der Waals surface area contributed by atoms with Crippen LogP contribution in [0.25, 0.3) is 0 Å². The van der Waals surface area contributed by atoms with E-state index in [0.29, 0.717) is 44.9 Å². The van der Waals surface area contributed by atoms with Gasteiger partial charge in [0.1, 0.15) is 6.10 Å². The second-order valence-corrected chi connectivity index (χ2v) is 18.3. The first-order chi connectivity index (χ1) is 25.3. The van der Waals surface area contributed by atoms with Crippen molar-refractivity contribution in [3.8, 4) is 0 Å². The molecule has 5 aliphatic heterocycles. The molecule has 4 saturated heterocycles. The summed E-state index contributed by atoms with van der Waals surface area (Å²) in [7, 11) is 1.41.